The summed E-state index contributed by atoms with van der Waals surface area (Å²) >= 11 is 0. The van der Waals surface area contributed by atoms with Crippen molar-refractivity contribution in [2.24, 2.45) is 28.2 Å². The standard InChI is InChI=1S/C31H26NO.C26H24NO.C24H20NO.C23H18NO/c1-19-9-12-23(13-10-19)27-17-28(32(4)18-21(27)3)29-20(2)11-15-26-25-16-14-22-7-5-6-8-24(22)30(25)33-31(26)29;1-16(2)19-11-12-27(4)24(14-19)22-15-25-23(13-17(22)3)21-10-9-18-7-5-6-8-20(18)26(21)28-25;1-15-10-11-25(3)22(12-15)20-14-23-21(13-16(20)2)19-9-8-17-6-4-5-7-18(17)24(19)26-23;1-15-13-20-18-11-10-16-7-3-4-8-17(16)23(18)25-22(20)14-19(15)21-9-5-6-12-24(21)2/h5-18H,1-4H3;5-16H,1-4H3;4-14H,1-3H3;3-14H,1-2H3/q4*+1/i3D3;1D3,16D;;. The molecule has 8 heteroatoms. The summed E-state index contributed by atoms with van der Waals surface area (Å²) in [5, 5.41) is 18.2. The largest absolute Gasteiger partial charge is 0.455 e. The minimum Gasteiger partial charge on any atom is -0.455 e. The summed E-state index contributed by atoms with van der Waals surface area (Å²) in [6.07, 6.45) is 7.75. The first-order valence-corrected chi connectivity index (χ1v) is 38.1. The molecule has 0 radical (unpaired) electrons. The van der Waals surface area contributed by atoms with E-state index >= 15 is 0 Å². The van der Waals surface area contributed by atoms with E-state index in [9.17, 15) is 0 Å². The van der Waals surface area contributed by atoms with Crippen molar-refractivity contribution in [2.75, 3.05) is 0 Å². The lowest BCUT2D eigenvalue weighted by atomic mass is 9.95. The van der Waals surface area contributed by atoms with Crippen LogP contribution >= 0.6 is 0 Å². The van der Waals surface area contributed by atoms with Crippen LogP contribution in [-0.4, -0.2) is 0 Å². The van der Waals surface area contributed by atoms with Crippen LogP contribution in [-0.2, 0) is 28.2 Å². The molecular weight excluding hydrogens is 1370 g/mol. The molecule has 0 bridgehead atoms. The topological polar surface area (TPSA) is 68.1 Å². The molecule has 13 aromatic carbocycles. The Morgan fingerprint density at radius 2 is 0.714 bits per heavy atom. The van der Waals surface area contributed by atoms with Crippen LogP contribution in [0.3, 0.4) is 0 Å². The van der Waals surface area contributed by atoms with Gasteiger partial charge in [0.1, 0.15) is 72.9 Å². The van der Waals surface area contributed by atoms with E-state index in [0.717, 1.165) is 133 Å². The highest BCUT2D eigenvalue weighted by Gasteiger charge is 2.26. The molecule has 0 saturated carbocycles. The van der Waals surface area contributed by atoms with Gasteiger partial charge in [0.15, 0.2) is 24.8 Å². The Hall–Kier alpha value is -13.3. The number of rotatable bonds is 6. The minimum atomic E-state index is -2.43. The van der Waals surface area contributed by atoms with E-state index in [1.807, 2.05) is 116 Å². The third-order valence-corrected chi connectivity index (χ3v) is 22.5. The Balaban J connectivity index is 0.000000110. The van der Waals surface area contributed by atoms with Crippen LogP contribution in [0, 0.1) is 48.4 Å². The molecule has 1 atom stereocenters. The Bertz CT molecular complexity index is 7690. The first-order valence-electron chi connectivity index (χ1n) is 41.6. The van der Waals surface area contributed by atoms with E-state index in [0.29, 0.717) is 16.7 Å². The van der Waals surface area contributed by atoms with Crippen LogP contribution in [0.25, 0.3) is 187 Å². The van der Waals surface area contributed by atoms with Crippen molar-refractivity contribution in [3.8, 4) is 56.2 Å². The molecule has 8 heterocycles. The van der Waals surface area contributed by atoms with Crippen molar-refractivity contribution in [3.05, 3.63) is 336 Å². The predicted octanol–water partition coefficient (Wildman–Crippen LogP) is 25.9. The molecule has 8 aromatic heterocycles. The second-order valence-electron chi connectivity index (χ2n) is 30.1. The smallest absolute Gasteiger partial charge is 0.216 e. The first kappa shape index (κ1) is 62.6. The van der Waals surface area contributed by atoms with Crippen LogP contribution in [0.15, 0.2) is 309 Å². The Morgan fingerprint density at radius 3 is 1.20 bits per heavy atom. The Kier molecular flexibility index (Phi) is 15.8. The number of nitrogens with zero attached hydrogens (tertiary/aromatic N) is 4. The van der Waals surface area contributed by atoms with E-state index in [2.05, 4.69) is 251 Å². The lowest BCUT2D eigenvalue weighted by Crippen LogP contribution is -2.31. The van der Waals surface area contributed by atoms with Gasteiger partial charge >= 0.3 is 0 Å². The van der Waals surface area contributed by atoms with Gasteiger partial charge in [0.05, 0.1) is 22.3 Å². The van der Waals surface area contributed by atoms with E-state index in [4.69, 9.17) is 27.3 Å². The normalized spacial score (nSPS) is 13.4. The molecule has 0 fully saturated rings. The molecule has 0 saturated heterocycles. The predicted molar refractivity (Wildman–Crippen MR) is 464 cm³/mol. The zero-order chi connectivity index (χ0) is 82.8. The summed E-state index contributed by atoms with van der Waals surface area (Å²) < 4.78 is 90.3. The van der Waals surface area contributed by atoms with Gasteiger partial charge in [-0.1, -0.05) is 177 Å². The molecule has 544 valence electrons. The fourth-order valence-electron chi connectivity index (χ4n) is 16.5. The Morgan fingerprint density at radius 1 is 0.295 bits per heavy atom. The van der Waals surface area contributed by atoms with Gasteiger partial charge in [0, 0.05) is 122 Å². The average molecular weight is 1460 g/mol. The molecule has 0 amide bonds. The van der Waals surface area contributed by atoms with Crippen molar-refractivity contribution in [1.29, 1.82) is 0 Å². The minimum absolute atomic E-state index is 0.332. The van der Waals surface area contributed by atoms with Gasteiger partial charge in [-0.05, 0) is 187 Å². The highest BCUT2D eigenvalue weighted by molar-refractivity contribution is 6.20. The monoisotopic (exact) mass is 1460 g/mol. The lowest BCUT2D eigenvalue weighted by molar-refractivity contribution is -0.660. The molecule has 0 aliphatic rings. The van der Waals surface area contributed by atoms with Gasteiger partial charge in [-0.2, -0.15) is 0 Å². The summed E-state index contributed by atoms with van der Waals surface area (Å²) in [6.45, 7) is 9.40. The summed E-state index contributed by atoms with van der Waals surface area (Å²) in [5.41, 5.74) is 25.1. The highest BCUT2D eigenvalue weighted by Crippen LogP contribution is 2.44. The Labute approximate surface area is 661 Å². The maximum Gasteiger partial charge on any atom is 0.216 e. The molecule has 0 N–H and O–H groups in total. The van der Waals surface area contributed by atoms with Crippen LogP contribution in [0.2, 0.25) is 0 Å². The molecule has 8 nitrogen and oxygen atoms in total. The molecule has 21 aromatic rings. The number of hydrogen-bond donors (Lipinski definition) is 0. The maximum atomic E-state index is 8.49. The number of pyridine rings is 4. The second kappa shape index (κ2) is 28.3. The van der Waals surface area contributed by atoms with Crippen molar-refractivity contribution in [1.82, 2.24) is 0 Å². The van der Waals surface area contributed by atoms with Crippen LogP contribution < -0.4 is 18.3 Å². The zero-order valence-corrected chi connectivity index (χ0v) is 64.6. The van der Waals surface area contributed by atoms with Gasteiger partial charge in [-0.25, -0.2) is 18.3 Å². The quantitative estimate of drug-likeness (QED) is 0.156. The van der Waals surface area contributed by atoms with Crippen molar-refractivity contribution < 1.29 is 45.5 Å². The molecule has 0 aliphatic heterocycles. The molecule has 1 unspecified atom stereocenters. The summed E-state index contributed by atoms with van der Waals surface area (Å²) in [5.74, 6) is -1.70. The molecule has 0 aliphatic carbocycles. The fourth-order valence-corrected chi connectivity index (χ4v) is 16.5. The van der Waals surface area contributed by atoms with Gasteiger partial charge in [-0.3, -0.25) is 0 Å². The zero-order valence-electron chi connectivity index (χ0n) is 71.6. The van der Waals surface area contributed by atoms with Gasteiger partial charge < -0.3 is 17.7 Å². The summed E-state index contributed by atoms with van der Waals surface area (Å²) in [7, 11) is 7.99. The van der Waals surface area contributed by atoms with Crippen molar-refractivity contribution in [2.45, 2.75) is 68.1 Å². The van der Waals surface area contributed by atoms with E-state index < -0.39 is 19.6 Å². The van der Waals surface area contributed by atoms with Gasteiger partial charge in [0.25, 0.3) is 0 Å². The van der Waals surface area contributed by atoms with E-state index in [-0.39, 0.29) is 0 Å². The molecule has 112 heavy (non-hydrogen) atoms. The van der Waals surface area contributed by atoms with Gasteiger partial charge in [-0.15, -0.1) is 0 Å². The third kappa shape index (κ3) is 12.5. The number of aryl methyl sites for hydroxylation is 11. The van der Waals surface area contributed by atoms with Crippen molar-refractivity contribution in [3.63, 3.8) is 0 Å². The first-order chi connectivity index (χ1) is 57.1. The van der Waals surface area contributed by atoms with Crippen LogP contribution in [0.4, 0.5) is 0 Å². The maximum absolute atomic E-state index is 8.49. The summed E-state index contributed by atoms with van der Waals surface area (Å²) in [6, 6.07) is 91.8. The summed E-state index contributed by atoms with van der Waals surface area (Å²) in [4.78, 5) is 0. The third-order valence-electron chi connectivity index (χ3n) is 22.5. The lowest BCUT2D eigenvalue weighted by Gasteiger charge is -2.10. The van der Waals surface area contributed by atoms with E-state index in [1.165, 1.54) is 89.2 Å². The molecule has 21 rings (SSSR count). The van der Waals surface area contributed by atoms with Crippen LogP contribution in [0.1, 0.15) is 73.8 Å². The molecule has 0 spiro atoms. The highest BCUT2D eigenvalue weighted by atomic mass is 16.3. The second-order valence-corrected chi connectivity index (χ2v) is 30.1. The SMILES string of the molecule is Cc1cc2c(cc1-c1cccc[n+]1C)oc1c3ccccc3ccc21.Cc1cc[n+](C)c(-c2cc3oc4c5ccccc5ccc4c3cc2C)c1.[2H]C([2H])([2H])C([2H])(C)c1cc[n+](C)c(-c2cc3oc4c5ccccc5ccc4c3cc2C)c1.[2H]C([2H])([2H])c1c[n+](C)c(-c2c(C)ccc3c2oc2c4ccccc4ccc32)cc1-c1ccc(C)cc1. The van der Waals surface area contributed by atoms with Crippen molar-refractivity contribution >= 4 is 131 Å². The number of aromatic nitrogens is 4. The fraction of sp³-hybridized carbons (Fsp3) is 0.135. The average Bonchev–Trinajstić information content (AvgIpc) is 1.63. The number of benzene rings is 13. The van der Waals surface area contributed by atoms with Gasteiger partial charge in [0.2, 0.25) is 22.8 Å². The number of furan rings is 4. The van der Waals surface area contributed by atoms with Crippen LogP contribution in [0.5, 0.6) is 0 Å². The van der Waals surface area contributed by atoms with E-state index in [1.54, 1.807) is 12.3 Å². The number of hydrogen-bond acceptors (Lipinski definition) is 4. The molecular formula is C104H88N4O4+4. The number of fused-ring (bicyclic) bond motifs is 20.